The van der Waals surface area contributed by atoms with Gasteiger partial charge in [-0.25, -0.2) is 5.43 Å². The van der Waals surface area contributed by atoms with E-state index in [1.807, 2.05) is 38.1 Å². The summed E-state index contributed by atoms with van der Waals surface area (Å²) in [5.74, 6) is -0.686. The van der Waals surface area contributed by atoms with Gasteiger partial charge in [0.1, 0.15) is 6.04 Å². The van der Waals surface area contributed by atoms with Gasteiger partial charge in [0.15, 0.2) is 0 Å². The van der Waals surface area contributed by atoms with Crippen LogP contribution in [-0.4, -0.2) is 17.5 Å². The Morgan fingerprint density at radius 3 is 2.17 bits per heavy atom. The van der Waals surface area contributed by atoms with Gasteiger partial charge in [0.25, 0.3) is 11.8 Å². The molecule has 0 aromatic heterocycles. The number of carbonyl (C=O) groups excluding carboxylic acids is 2. The lowest BCUT2D eigenvalue weighted by Crippen LogP contribution is -2.39. The molecule has 24 heavy (non-hydrogen) atoms. The third kappa shape index (κ3) is 4.78. The van der Waals surface area contributed by atoms with Gasteiger partial charge in [-0.3, -0.25) is 9.59 Å². The number of carbonyl (C=O) groups is 2. The molecule has 124 valence electrons. The summed E-state index contributed by atoms with van der Waals surface area (Å²) in [6.07, 6.45) is 0.743. The fourth-order valence-corrected chi connectivity index (χ4v) is 2.04. The van der Waals surface area contributed by atoms with Crippen LogP contribution < -0.4 is 10.7 Å². The molecule has 0 heterocycles. The number of hydrogen-bond donors (Lipinski definition) is 2. The monoisotopic (exact) mass is 323 g/mol. The molecule has 2 N–H and O–H groups in total. The summed E-state index contributed by atoms with van der Waals surface area (Å²) < 4.78 is 0. The van der Waals surface area contributed by atoms with Crippen LogP contribution in [0.2, 0.25) is 0 Å². The third-order valence-corrected chi connectivity index (χ3v) is 3.58. The Hall–Kier alpha value is -2.95. The normalized spacial score (nSPS) is 12.3. The van der Waals surface area contributed by atoms with E-state index in [4.69, 9.17) is 0 Å². The lowest BCUT2D eigenvalue weighted by Gasteiger charge is -2.17. The van der Waals surface area contributed by atoms with Crippen LogP contribution in [0.1, 0.15) is 42.2 Å². The van der Waals surface area contributed by atoms with Crippen molar-refractivity contribution in [2.75, 3.05) is 0 Å². The van der Waals surface area contributed by atoms with E-state index < -0.39 is 6.04 Å². The van der Waals surface area contributed by atoms with E-state index in [-0.39, 0.29) is 11.8 Å². The predicted octanol–water partition coefficient (Wildman–Crippen LogP) is 3.06. The summed E-state index contributed by atoms with van der Waals surface area (Å²) in [5.41, 5.74) is 4.53. The molecule has 5 heteroatoms. The summed E-state index contributed by atoms with van der Waals surface area (Å²) >= 11 is 0. The minimum absolute atomic E-state index is 0.309. The minimum Gasteiger partial charge on any atom is -0.336 e. The first-order valence-corrected chi connectivity index (χ1v) is 7.85. The molecule has 0 aliphatic carbocycles. The van der Waals surface area contributed by atoms with Crippen molar-refractivity contribution in [3.05, 3.63) is 71.8 Å². The maximum atomic E-state index is 12.5. The van der Waals surface area contributed by atoms with Gasteiger partial charge in [-0.05, 0) is 31.0 Å². The average molecular weight is 323 g/mol. The van der Waals surface area contributed by atoms with E-state index >= 15 is 0 Å². The molecule has 0 aliphatic rings. The zero-order valence-electron chi connectivity index (χ0n) is 13.8. The Morgan fingerprint density at radius 2 is 1.58 bits per heavy atom. The first kappa shape index (κ1) is 17.4. The molecule has 0 bridgehead atoms. The molecule has 2 aromatic carbocycles. The number of nitrogens with zero attached hydrogens (tertiary/aromatic N) is 1. The SMILES string of the molecule is CCC(C)=NNC(=O)[C@H](NC(=O)c1ccccc1)c1ccccc1. The summed E-state index contributed by atoms with van der Waals surface area (Å²) in [6, 6.07) is 17.1. The van der Waals surface area contributed by atoms with Gasteiger partial charge in [-0.1, -0.05) is 55.5 Å². The molecular formula is C19H21N3O2. The predicted molar refractivity (Wildman–Crippen MR) is 94.6 cm³/mol. The number of hydrogen-bond acceptors (Lipinski definition) is 3. The van der Waals surface area contributed by atoms with Crippen LogP contribution in [0.25, 0.3) is 0 Å². The molecule has 0 saturated carbocycles. The molecule has 0 radical (unpaired) electrons. The molecule has 2 aromatic rings. The first-order chi connectivity index (χ1) is 11.6. The fourth-order valence-electron chi connectivity index (χ4n) is 2.04. The zero-order valence-corrected chi connectivity index (χ0v) is 13.8. The van der Waals surface area contributed by atoms with Crippen LogP contribution in [0.4, 0.5) is 0 Å². The highest BCUT2D eigenvalue weighted by atomic mass is 16.2. The van der Waals surface area contributed by atoms with Crippen molar-refractivity contribution in [2.45, 2.75) is 26.3 Å². The fraction of sp³-hybridized carbons (Fsp3) is 0.211. The van der Waals surface area contributed by atoms with Crippen LogP contribution in [0.3, 0.4) is 0 Å². The van der Waals surface area contributed by atoms with Gasteiger partial charge in [0.05, 0.1) is 0 Å². The number of benzene rings is 2. The number of amides is 2. The van der Waals surface area contributed by atoms with Crippen LogP contribution in [0.5, 0.6) is 0 Å². The van der Waals surface area contributed by atoms with Crippen LogP contribution >= 0.6 is 0 Å². The average Bonchev–Trinajstić information content (AvgIpc) is 2.65. The van der Waals surface area contributed by atoms with Gasteiger partial charge in [0, 0.05) is 11.3 Å². The van der Waals surface area contributed by atoms with Crippen molar-refractivity contribution in [1.29, 1.82) is 0 Å². The van der Waals surface area contributed by atoms with Crippen LogP contribution in [0.15, 0.2) is 65.8 Å². The Morgan fingerprint density at radius 1 is 1.00 bits per heavy atom. The second-order valence-corrected chi connectivity index (χ2v) is 5.36. The van der Waals surface area contributed by atoms with Crippen LogP contribution in [0, 0.1) is 0 Å². The first-order valence-electron chi connectivity index (χ1n) is 7.85. The van der Waals surface area contributed by atoms with Crippen LogP contribution in [-0.2, 0) is 4.79 Å². The minimum atomic E-state index is -0.813. The lowest BCUT2D eigenvalue weighted by molar-refractivity contribution is -0.123. The smallest absolute Gasteiger partial charge is 0.267 e. The summed E-state index contributed by atoms with van der Waals surface area (Å²) in [7, 11) is 0. The number of rotatable bonds is 6. The summed E-state index contributed by atoms with van der Waals surface area (Å²) in [5, 5.41) is 6.81. The highest BCUT2D eigenvalue weighted by molar-refractivity contribution is 5.98. The van der Waals surface area contributed by atoms with Crippen molar-refractivity contribution in [1.82, 2.24) is 10.7 Å². The summed E-state index contributed by atoms with van der Waals surface area (Å²) in [4.78, 5) is 24.9. The van der Waals surface area contributed by atoms with E-state index in [2.05, 4.69) is 15.8 Å². The van der Waals surface area contributed by atoms with E-state index in [9.17, 15) is 9.59 Å². The van der Waals surface area contributed by atoms with Gasteiger partial charge >= 0.3 is 0 Å². The van der Waals surface area contributed by atoms with Crippen molar-refractivity contribution >= 4 is 17.5 Å². The van der Waals surface area contributed by atoms with E-state index in [0.29, 0.717) is 11.1 Å². The molecule has 0 spiro atoms. The van der Waals surface area contributed by atoms with Crippen molar-refractivity contribution < 1.29 is 9.59 Å². The Labute approximate surface area is 141 Å². The lowest BCUT2D eigenvalue weighted by atomic mass is 10.1. The molecular weight excluding hydrogens is 302 g/mol. The number of hydrazone groups is 1. The van der Waals surface area contributed by atoms with E-state index in [1.54, 1.807) is 36.4 Å². The maximum Gasteiger partial charge on any atom is 0.267 e. The van der Waals surface area contributed by atoms with Gasteiger partial charge in [-0.15, -0.1) is 0 Å². The second-order valence-electron chi connectivity index (χ2n) is 5.36. The third-order valence-electron chi connectivity index (χ3n) is 3.58. The van der Waals surface area contributed by atoms with Crippen molar-refractivity contribution in [3.63, 3.8) is 0 Å². The molecule has 1 atom stereocenters. The standard InChI is InChI=1S/C19H21N3O2/c1-3-14(2)21-22-19(24)17(15-10-6-4-7-11-15)20-18(23)16-12-8-5-9-13-16/h4-13,17H,3H2,1-2H3,(H,20,23)(H,22,24)/t17-/m1/s1. The largest absolute Gasteiger partial charge is 0.336 e. The molecule has 0 fully saturated rings. The highest BCUT2D eigenvalue weighted by Gasteiger charge is 2.23. The number of nitrogens with one attached hydrogen (secondary N) is 2. The molecule has 0 saturated heterocycles. The topological polar surface area (TPSA) is 70.6 Å². The molecule has 0 unspecified atom stereocenters. The van der Waals surface area contributed by atoms with Crippen molar-refractivity contribution in [2.24, 2.45) is 5.10 Å². The second kappa shape index (κ2) is 8.62. The molecule has 5 nitrogen and oxygen atoms in total. The van der Waals surface area contributed by atoms with Crippen molar-refractivity contribution in [3.8, 4) is 0 Å². The van der Waals surface area contributed by atoms with Gasteiger partial charge in [-0.2, -0.15) is 5.10 Å². The van der Waals surface area contributed by atoms with Gasteiger partial charge < -0.3 is 5.32 Å². The zero-order chi connectivity index (χ0) is 17.4. The quantitative estimate of drug-likeness (QED) is 0.633. The molecule has 2 amide bonds. The van der Waals surface area contributed by atoms with Gasteiger partial charge in [0.2, 0.25) is 0 Å². The highest BCUT2D eigenvalue weighted by Crippen LogP contribution is 2.14. The van der Waals surface area contributed by atoms with E-state index in [0.717, 1.165) is 12.1 Å². The molecule has 2 rings (SSSR count). The Bertz CT molecular complexity index is 712. The summed E-state index contributed by atoms with van der Waals surface area (Å²) in [6.45, 7) is 3.79. The Kier molecular flexibility index (Phi) is 6.25. The van der Waals surface area contributed by atoms with E-state index in [1.165, 1.54) is 0 Å². The maximum absolute atomic E-state index is 12.5. The Balaban J connectivity index is 2.20. The molecule has 0 aliphatic heterocycles.